The standard InChI is InChI=1S/C10H3F3N2O/c11-5-1-6(12)8(13)9-7(5)10(16)4(2-14)3-15-9/h1,3H,(H,15,16). The summed E-state index contributed by atoms with van der Waals surface area (Å²) in [5.41, 5.74) is -1.91. The molecule has 0 bridgehead atoms. The quantitative estimate of drug-likeness (QED) is 0.694. The second kappa shape index (κ2) is 3.38. The van der Waals surface area contributed by atoms with Crippen molar-refractivity contribution in [2.24, 2.45) is 0 Å². The summed E-state index contributed by atoms with van der Waals surface area (Å²) >= 11 is 0. The van der Waals surface area contributed by atoms with E-state index >= 15 is 0 Å². The van der Waals surface area contributed by atoms with E-state index in [4.69, 9.17) is 5.26 Å². The van der Waals surface area contributed by atoms with Crippen molar-refractivity contribution in [2.75, 3.05) is 0 Å². The lowest BCUT2D eigenvalue weighted by molar-refractivity contribution is 0.504. The van der Waals surface area contributed by atoms with Gasteiger partial charge >= 0.3 is 0 Å². The molecule has 80 valence electrons. The molecule has 1 aromatic carbocycles. The third kappa shape index (κ3) is 1.26. The molecule has 2 aromatic rings. The number of aromatic amines is 1. The van der Waals surface area contributed by atoms with Crippen LogP contribution < -0.4 is 5.43 Å². The third-order valence-corrected chi connectivity index (χ3v) is 2.12. The first-order chi connectivity index (χ1) is 7.56. The Kier molecular flexibility index (Phi) is 2.16. The second-order valence-electron chi connectivity index (χ2n) is 3.05. The summed E-state index contributed by atoms with van der Waals surface area (Å²) < 4.78 is 39.3. The molecule has 1 N–H and O–H groups in total. The first-order valence-corrected chi connectivity index (χ1v) is 4.15. The minimum Gasteiger partial charge on any atom is -0.357 e. The molecule has 2 rings (SSSR count). The molecule has 1 heterocycles. The van der Waals surface area contributed by atoms with Crippen LogP contribution in [0.25, 0.3) is 10.9 Å². The number of nitriles is 1. The molecule has 6 heteroatoms. The van der Waals surface area contributed by atoms with Gasteiger partial charge in [0.05, 0.1) is 10.9 Å². The van der Waals surface area contributed by atoms with Gasteiger partial charge in [0.2, 0.25) is 5.43 Å². The van der Waals surface area contributed by atoms with Gasteiger partial charge in [0, 0.05) is 12.3 Å². The van der Waals surface area contributed by atoms with Gasteiger partial charge in [-0.2, -0.15) is 5.26 Å². The van der Waals surface area contributed by atoms with E-state index in [0.717, 1.165) is 6.20 Å². The van der Waals surface area contributed by atoms with Crippen molar-refractivity contribution >= 4 is 10.9 Å². The van der Waals surface area contributed by atoms with E-state index in [9.17, 15) is 18.0 Å². The monoisotopic (exact) mass is 224 g/mol. The van der Waals surface area contributed by atoms with Gasteiger partial charge in [-0.15, -0.1) is 0 Å². The number of hydrogen-bond donors (Lipinski definition) is 1. The zero-order valence-corrected chi connectivity index (χ0v) is 7.64. The maximum Gasteiger partial charge on any atom is 0.210 e. The first-order valence-electron chi connectivity index (χ1n) is 4.15. The lowest BCUT2D eigenvalue weighted by Gasteiger charge is -2.02. The van der Waals surface area contributed by atoms with E-state index in [1.54, 1.807) is 0 Å². The largest absolute Gasteiger partial charge is 0.357 e. The number of halogens is 3. The van der Waals surface area contributed by atoms with Crippen molar-refractivity contribution in [3.05, 3.63) is 45.5 Å². The van der Waals surface area contributed by atoms with Crippen molar-refractivity contribution in [3.8, 4) is 6.07 Å². The lowest BCUT2D eigenvalue weighted by Crippen LogP contribution is -2.10. The van der Waals surface area contributed by atoms with Crippen LogP contribution in [0.3, 0.4) is 0 Å². The number of nitrogens with zero attached hydrogens (tertiary/aromatic N) is 1. The highest BCUT2D eigenvalue weighted by molar-refractivity contribution is 5.80. The third-order valence-electron chi connectivity index (χ3n) is 2.12. The Morgan fingerprint density at radius 2 is 1.94 bits per heavy atom. The van der Waals surface area contributed by atoms with Gasteiger partial charge in [0.1, 0.15) is 17.4 Å². The van der Waals surface area contributed by atoms with Crippen LogP contribution in [0.2, 0.25) is 0 Å². The molecule has 16 heavy (non-hydrogen) atoms. The predicted octanol–water partition coefficient (Wildman–Crippen LogP) is 1.82. The Labute approximate surface area is 86.7 Å². The van der Waals surface area contributed by atoms with Crippen molar-refractivity contribution in [1.29, 1.82) is 5.26 Å². The maximum absolute atomic E-state index is 13.3. The maximum atomic E-state index is 13.3. The Morgan fingerprint density at radius 3 is 2.56 bits per heavy atom. The highest BCUT2D eigenvalue weighted by Crippen LogP contribution is 2.19. The van der Waals surface area contributed by atoms with Crippen LogP contribution in [0.1, 0.15) is 5.56 Å². The molecule has 0 saturated heterocycles. The summed E-state index contributed by atoms with van der Waals surface area (Å²) in [7, 11) is 0. The highest BCUT2D eigenvalue weighted by Gasteiger charge is 2.16. The molecule has 3 nitrogen and oxygen atoms in total. The van der Waals surface area contributed by atoms with Gasteiger partial charge < -0.3 is 4.98 Å². The van der Waals surface area contributed by atoms with Gasteiger partial charge in [-0.25, -0.2) is 13.2 Å². The number of nitrogens with one attached hydrogen (secondary N) is 1. The summed E-state index contributed by atoms with van der Waals surface area (Å²) in [4.78, 5) is 13.7. The fourth-order valence-electron chi connectivity index (χ4n) is 1.38. The average Bonchev–Trinajstić information content (AvgIpc) is 2.25. The Balaban J connectivity index is 3.08. The minimum atomic E-state index is -1.40. The van der Waals surface area contributed by atoms with E-state index in [-0.39, 0.29) is 11.6 Å². The molecule has 0 saturated carbocycles. The van der Waals surface area contributed by atoms with Crippen LogP contribution in [0.4, 0.5) is 13.2 Å². The number of H-pyrrole nitrogens is 1. The first kappa shape index (κ1) is 10.2. The summed E-state index contributed by atoms with van der Waals surface area (Å²) in [5, 5.41) is 7.88. The molecule has 0 aliphatic heterocycles. The second-order valence-corrected chi connectivity index (χ2v) is 3.05. The summed E-state index contributed by atoms with van der Waals surface area (Å²) in [6.45, 7) is 0. The molecule has 0 radical (unpaired) electrons. The number of hydrogen-bond acceptors (Lipinski definition) is 2. The number of fused-ring (bicyclic) bond motifs is 1. The molecule has 0 amide bonds. The fraction of sp³-hybridized carbons (Fsp3) is 0. The van der Waals surface area contributed by atoms with Crippen LogP contribution >= 0.6 is 0 Å². The number of pyridine rings is 1. The highest BCUT2D eigenvalue weighted by atomic mass is 19.2. The van der Waals surface area contributed by atoms with Crippen LogP contribution in [0.15, 0.2) is 17.1 Å². The Bertz CT molecular complexity index is 685. The van der Waals surface area contributed by atoms with E-state index in [1.807, 2.05) is 0 Å². The van der Waals surface area contributed by atoms with E-state index in [0.29, 0.717) is 0 Å². The predicted molar refractivity (Wildman–Crippen MR) is 49.2 cm³/mol. The number of rotatable bonds is 0. The molecule has 0 spiro atoms. The van der Waals surface area contributed by atoms with Crippen molar-refractivity contribution in [3.63, 3.8) is 0 Å². The average molecular weight is 224 g/mol. The molecule has 0 fully saturated rings. The minimum absolute atomic E-state index is 0.272. The fourth-order valence-corrected chi connectivity index (χ4v) is 1.38. The topological polar surface area (TPSA) is 56.6 Å². The number of benzene rings is 1. The molecule has 0 atom stereocenters. The molecule has 1 aromatic heterocycles. The zero-order chi connectivity index (χ0) is 11.9. The van der Waals surface area contributed by atoms with Gasteiger partial charge in [-0.1, -0.05) is 0 Å². The van der Waals surface area contributed by atoms with Crippen molar-refractivity contribution in [2.45, 2.75) is 0 Å². The molecular weight excluding hydrogens is 221 g/mol. The summed E-state index contributed by atoms with van der Waals surface area (Å²) in [6, 6.07) is 1.79. The lowest BCUT2D eigenvalue weighted by atomic mass is 10.1. The summed E-state index contributed by atoms with van der Waals surface area (Å²) in [6.07, 6.45) is 0.909. The molecule has 0 aliphatic carbocycles. The van der Waals surface area contributed by atoms with Crippen LogP contribution in [0, 0.1) is 28.8 Å². The smallest absolute Gasteiger partial charge is 0.210 e. The summed E-state index contributed by atoms with van der Waals surface area (Å²) in [5.74, 6) is -3.95. The van der Waals surface area contributed by atoms with Gasteiger partial charge in [-0.3, -0.25) is 4.79 Å². The molecule has 0 unspecified atom stereocenters. The van der Waals surface area contributed by atoms with E-state index in [1.165, 1.54) is 6.07 Å². The van der Waals surface area contributed by atoms with Crippen LogP contribution in [0.5, 0.6) is 0 Å². The van der Waals surface area contributed by atoms with E-state index < -0.39 is 33.8 Å². The Hall–Kier alpha value is -2.29. The van der Waals surface area contributed by atoms with Gasteiger partial charge in [-0.05, 0) is 0 Å². The van der Waals surface area contributed by atoms with Crippen molar-refractivity contribution in [1.82, 2.24) is 4.98 Å². The van der Waals surface area contributed by atoms with Gasteiger partial charge in [0.15, 0.2) is 11.6 Å². The SMILES string of the molecule is N#Cc1c[nH]c2c(F)c(F)cc(F)c2c1=O. The van der Waals surface area contributed by atoms with Crippen LogP contribution in [-0.2, 0) is 0 Å². The molecular formula is C10H3F3N2O. The van der Waals surface area contributed by atoms with Crippen LogP contribution in [-0.4, -0.2) is 4.98 Å². The van der Waals surface area contributed by atoms with Gasteiger partial charge in [0.25, 0.3) is 0 Å². The molecule has 0 aliphatic rings. The normalized spacial score (nSPS) is 10.4. The zero-order valence-electron chi connectivity index (χ0n) is 7.64. The number of aromatic nitrogens is 1. The van der Waals surface area contributed by atoms with Crippen molar-refractivity contribution < 1.29 is 13.2 Å². The van der Waals surface area contributed by atoms with E-state index in [2.05, 4.69) is 4.98 Å². The Morgan fingerprint density at radius 1 is 1.25 bits per heavy atom.